The number of nitriles is 2. The van der Waals surface area contributed by atoms with Crippen molar-refractivity contribution in [3.05, 3.63) is 82.2 Å². The van der Waals surface area contributed by atoms with Crippen LogP contribution in [0.3, 0.4) is 0 Å². The first-order valence-electron chi connectivity index (χ1n) is 8.29. The topological polar surface area (TPSA) is 95.2 Å². The zero-order valence-electron chi connectivity index (χ0n) is 14.7. The van der Waals surface area contributed by atoms with E-state index in [-0.39, 0.29) is 23.7 Å². The molecule has 0 saturated carbocycles. The first-order chi connectivity index (χ1) is 13.1. The van der Waals surface area contributed by atoms with Crippen molar-refractivity contribution in [1.82, 2.24) is 0 Å². The minimum absolute atomic E-state index is 0.129. The van der Waals surface area contributed by atoms with Gasteiger partial charge in [0.15, 0.2) is 0 Å². The van der Waals surface area contributed by atoms with Gasteiger partial charge in [-0.25, -0.2) is 0 Å². The van der Waals surface area contributed by atoms with Crippen LogP contribution in [-0.4, -0.2) is 12.9 Å². The Morgan fingerprint density at radius 3 is 2.37 bits per heavy atom. The SMILES string of the molecule is COC1=C(C#N)C(c2ccccc2)C(C#N)(Cc2ccc(Cl)cc2)C(N)=N1. The predicted molar refractivity (Wildman–Crippen MR) is 104 cm³/mol. The highest BCUT2D eigenvalue weighted by molar-refractivity contribution is 6.30. The number of aliphatic imine (C=N–C) groups is 1. The molecular weight excluding hydrogens is 360 g/mol. The molecule has 0 aromatic heterocycles. The van der Waals surface area contributed by atoms with Gasteiger partial charge in [0.1, 0.15) is 22.9 Å². The van der Waals surface area contributed by atoms with Crippen molar-refractivity contribution < 1.29 is 4.74 Å². The van der Waals surface area contributed by atoms with Crippen LogP contribution >= 0.6 is 11.6 Å². The summed E-state index contributed by atoms with van der Waals surface area (Å²) in [5.74, 6) is -0.327. The average molecular weight is 377 g/mol. The van der Waals surface area contributed by atoms with E-state index in [9.17, 15) is 10.5 Å². The maximum absolute atomic E-state index is 10.2. The van der Waals surface area contributed by atoms with E-state index in [0.717, 1.165) is 11.1 Å². The molecular formula is C21H17ClN4O. The van der Waals surface area contributed by atoms with E-state index in [4.69, 9.17) is 22.1 Å². The summed E-state index contributed by atoms with van der Waals surface area (Å²) in [5, 5.41) is 20.6. The summed E-state index contributed by atoms with van der Waals surface area (Å²) in [6, 6.07) is 21.1. The van der Waals surface area contributed by atoms with E-state index >= 15 is 0 Å². The Kier molecular flexibility index (Phi) is 5.16. The van der Waals surface area contributed by atoms with Gasteiger partial charge in [-0.2, -0.15) is 15.5 Å². The van der Waals surface area contributed by atoms with E-state index in [1.54, 1.807) is 12.1 Å². The van der Waals surface area contributed by atoms with Crippen molar-refractivity contribution in [2.24, 2.45) is 16.1 Å². The van der Waals surface area contributed by atoms with Crippen molar-refractivity contribution in [2.45, 2.75) is 12.3 Å². The minimum atomic E-state index is -1.22. The molecule has 5 nitrogen and oxygen atoms in total. The number of halogens is 1. The third-order valence-electron chi connectivity index (χ3n) is 4.73. The Bertz CT molecular complexity index is 984. The van der Waals surface area contributed by atoms with Crippen molar-refractivity contribution in [3.8, 4) is 12.1 Å². The van der Waals surface area contributed by atoms with Crippen LogP contribution < -0.4 is 5.73 Å². The molecule has 1 aliphatic rings. The third-order valence-corrected chi connectivity index (χ3v) is 4.99. The molecule has 2 aromatic carbocycles. The lowest BCUT2D eigenvalue weighted by Gasteiger charge is -2.37. The number of methoxy groups -OCH3 is 1. The number of nitrogens with two attached hydrogens (primary N) is 1. The summed E-state index contributed by atoms with van der Waals surface area (Å²) >= 11 is 5.98. The van der Waals surface area contributed by atoms with Gasteiger partial charge in [0.05, 0.1) is 19.1 Å². The fourth-order valence-electron chi connectivity index (χ4n) is 3.43. The molecule has 2 atom stereocenters. The summed E-state index contributed by atoms with van der Waals surface area (Å²) in [6.45, 7) is 0. The van der Waals surface area contributed by atoms with Gasteiger partial charge in [0, 0.05) is 5.02 Å². The van der Waals surface area contributed by atoms with Crippen LogP contribution in [0.15, 0.2) is 71.0 Å². The zero-order chi connectivity index (χ0) is 19.4. The van der Waals surface area contributed by atoms with Gasteiger partial charge in [0.25, 0.3) is 0 Å². The Balaban J connectivity index is 2.22. The van der Waals surface area contributed by atoms with Gasteiger partial charge < -0.3 is 10.5 Å². The molecule has 0 amide bonds. The molecule has 6 heteroatoms. The second kappa shape index (κ2) is 7.53. The molecule has 0 bridgehead atoms. The molecule has 2 unspecified atom stereocenters. The van der Waals surface area contributed by atoms with E-state index in [2.05, 4.69) is 17.1 Å². The van der Waals surface area contributed by atoms with Crippen LogP contribution in [0.4, 0.5) is 0 Å². The summed E-state index contributed by atoms with van der Waals surface area (Å²) in [4.78, 5) is 4.25. The number of amidine groups is 1. The molecule has 134 valence electrons. The van der Waals surface area contributed by atoms with Gasteiger partial charge in [-0.15, -0.1) is 0 Å². The van der Waals surface area contributed by atoms with Crippen LogP contribution in [0, 0.1) is 28.1 Å². The molecule has 3 rings (SSSR count). The maximum atomic E-state index is 10.2. The van der Waals surface area contributed by atoms with E-state index < -0.39 is 11.3 Å². The van der Waals surface area contributed by atoms with Crippen LogP contribution in [-0.2, 0) is 11.2 Å². The zero-order valence-corrected chi connectivity index (χ0v) is 15.4. The normalized spacial score (nSPS) is 21.8. The fraction of sp³-hybridized carbons (Fsp3) is 0.190. The highest BCUT2D eigenvalue weighted by Gasteiger charge is 2.50. The molecule has 1 heterocycles. The first-order valence-corrected chi connectivity index (χ1v) is 8.67. The molecule has 0 aliphatic carbocycles. The highest BCUT2D eigenvalue weighted by Crippen LogP contribution is 2.47. The lowest BCUT2D eigenvalue weighted by molar-refractivity contribution is 0.271. The smallest absolute Gasteiger partial charge is 0.229 e. The van der Waals surface area contributed by atoms with Crippen molar-refractivity contribution in [2.75, 3.05) is 7.11 Å². The molecule has 1 aliphatic heterocycles. The Hall–Kier alpha value is -3.28. The van der Waals surface area contributed by atoms with Gasteiger partial charge in [0.2, 0.25) is 5.88 Å². The number of ether oxygens (including phenoxy) is 1. The van der Waals surface area contributed by atoms with Crippen LogP contribution in [0.5, 0.6) is 0 Å². The number of hydrogen-bond acceptors (Lipinski definition) is 5. The summed E-state index contributed by atoms with van der Waals surface area (Å²) in [6.07, 6.45) is 0.289. The second-order valence-electron chi connectivity index (χ2n) is 6.26. The van der Waals surface area contributed by atoms with Crippen LogP contribution in [0.2, 0.25) is 5.02 Å². The molecule has 0 fully saturated rings. The van der Waals surface area contributed by atoms with Gasteiger partial charge in [-0.05, 0) is 29.7 Å². The monoisotopic (exact) mass is 376 g/mol. The Labute approximate surface area is 163 Å². The molecule has 0 saturated heterocycles. The summed E-state index contributed by atoms with van der Waals surface area (Å²) in [5.41, 5.74) is 7.03. The second-order valence-corrected chi connectivity index (χ2v) is 6.70. The molecule has 2 N–H and O–H groups in total. The van der Waals surface area contributed by atoms with Gasteiger partial charge in [-0.1, -0.05) is 54.1 Å². The number of hydrogen-bond donors (Lipinski definition) is 1. The van der Waals surface area contributed by atoms with E-state index in [1.807, 2.05) is 42.5 Å². The van der Waals surface area contributed by atoms with Crippen molar-refractivity contribution in [1.29, 1.82) is 10.5 Å². The largest absolute Gasteiger partial charge is 0.480 e. The lowest BCUT2D eigenvalue weighted by atomic mass is 9.64. The highest BCUT2D eigenvalue weighted by atomic mass is 35.5. The predicted octanol–water partition coefficient (Wildman–Crippen LogP) is 3.93. The molecule has 0 radical (unpaired) electrons. The van der Waals surface area contributed by atoms with E-state index in [0.29, 0.717) is 5.02 Å². The summed E-state index contributed by atoms with van der Waals surface area (Å²) < 4.78 is 5.28. The number of benzene rings is 2. The third kappa shape index (κ3) is 3.26. The maximum Gasteiger partial charge on any atom is 0.229 e. The molecule has 27 heavy (non-hydrogen) atoms. The van der Waals surface area contributed by atoms with E-state index in [1.165, 1.54) is 7.11 Å². The van der Waals surface area contributed by atoms with Gasteiger partial charge in [-0.3, -0.25) is 0 Å². The molecule has 2 aromatic rings. The first kappa shape index (κ1) is 18.5. The lowest BCUT2D eigenvalue weighted by Crippen LogP contribution is -2.46. The Morgan fingerprint density at radius 1 is 1.15 bits per heavy atom. The number of nitrogens with zero attached hydrogens (tertiary/aromatic N) is 3. The summed E-state index contributed by atoms with van der Waals surface area (Å²) in [7, 11) is 1.43. The quantitative estimate of drug-likeness (QED) is 0.874. The van der Waals surface area contributed by atoms with Crippen molar-refractivity contribution in [3.63, 3.8) is 0 Å². The fourth-order valence-corrected chi connectivity index (χ4v) is 3.56. The van der Waals surface area contributed by atoms with Gasteiger partial charge >= 0.3 is 0 Å². The average Bonchev–Trinajstić information content (AvgIpc) is 2.71. The Morgan fingerprint density at radius 2 is 1.81 bits per heavy atom. The van der Waals surface area contributed by atoms with Crippen molar-refractivity contribution >= 4 is 17.4 Å². The van der Waals surface area contributed by atoms with Crippen LogP contribution in [0.25, 0.3) is 0 Å². The van der Waals surface area contributed by atoms with Crippen LogP contribution in [0.1, 0.15) is 17.0 Å². The molecule has 0 spiro atoms. The minimum Gasteiger partial charge on any atom is -0.480 e. The standard InChI is InChI=1S/C21H17ClN4O/c1-27-19-17(12-23)18(15-5-3-2-4-6-15)21(13-24,20(25)26-19)11-14-7-9-16(22)10-8-14/h2-10,18H,11H2,1H3,(H2,25,26). The number of rotatable bonds is 4. The number of allylic oxidation sites excluding steroid dienone is 1.